The van der Waals surface area contributed by atoms with Crippen molar-refractivity contribution in [3.05, 3.63) is 183 Å². The van der Waals surface area contributed by atoms with Crippen molar-refractivity contribution >= 4 is 74.3 Å². The number of benzene rings is 2. The lowest BCUT2D eigenvalue weighted by atomic mass is 9.73. The molecule has 6 unspecified atom stereocenters. The van der Waals surface area contributed by atoms with Crippen molar-refractivity contribution < 1.29 is 0 Å². The second-order valence-corrected chi connectivity index (χ2v) is 22.6. The molecule has 65 heavy (non-hydrogen) atoms. The third kappa shape index (κ3) is 6.69. The van der Waals surface area contributed by atoms with Gasteiger partial charge in [0.1, 0.15) is 0 Å². The lowest BCUT2D eigenvalue weighted by molar-refractivity contribution is 0.378. The summed E-state index contributed by atoms with van der Waals surface area (Å²) in [5, 5.41) is 2.66. The number of aryl methyl sites for hydroxylation is 1. The van der Waals surface area contributed by atoms with E-state index >= 15 is 0 Å². The molecule has 1 aliphatic heterocycles. The van der Waals surface area contributed by atoms with Crippen LogP contribution in [0.15, 0.2) is 139 Å². The van der Waals surface area contributed by atoms with Gasteiger partial charge in [-0.1, -0.05) is 134 Å². The molecule has 0 spiro atoms. The maximum absolute atomic E-state index is 2.74. The van der Waals surface area contributed by atoms with Crippen LogP contribution in [0.1, 0.15) is 88.8 Å². The molecule has 0 N–H and O–H groups in total. The first-order valence-corrected chi connectivity index (χ1v) is 27.1. The predicted octanol–water partition coefficient (Wildman–Crippen LogP) is 16.0. The van der Waals surface area contributed by atoms with Gasteiger partial charge in [-0.2, -0.15) is 0 Å². The molecule has 324 valence electrons. The highest BCUT2D eigenvalue weighted by atomic mass is 32.2. The fourth-order valence-corrected chi connectivity index (χ4v) is 17.4. The molecule has 6 atom stereocenters. The van der Waals surface area contributed by atoms with Gasteiger partial charge in [0.15, 0.2) is 0 Å². The minimum Gasteiger partial charge on any atom is -0.333 e. The number of thioether (sulfide) groups is 1. The Balaban J connectivity index is 0.885. The average molecular weight is 901 g/mol. The average Bonchev–Trinajstić information content (AvgIpc) is 4.13. The summed E-state index contributed by atoms with van der Waals surface area (Å²) in [7, 11) is 0. The summed E-state index contributed by atoms with van der Waals surface area (Å²) in [4.78, 5) is 7.29. The molecule has 0 saturated carbocycles. The molecule has 0 amide bonds. The number of anilines is 1. The number of aromatic nitrogens is 1. The van der Waals surface area contributed by atoms with Crippen LogP contribution in [0.5, 0.6) is 0 Å². The van der Waals surface area contributed by atoms with E-state index in [-0.39, 0.29) is 6.04 Å². The van der Waals surface area contributed by atoms with Crippen molar-refractivity contribution in [1.29, 1.82) is 0 Å². The van der Waals surface area contributed by atoms with E-state index in [4.69, 9.17) is 0 Å². The summed E-state index contributed by atoms with van der Waals surface area (Å²) in [5.41, 5.74) is 17.5. The fourth-order valence-electron chi connectivity index (χ4n) is 12.6. The van der Waals surface area contributed by atoms with Crippen LogP contribution < -0.4 is 4.90 Å². The van der Waals surface area contributed by atoms with Crippen molar-refractivity contribution in [2.75, 3.05) is 4.90 Å². The Morgan fingerprint density at radius 3 is 2.51 bits per heavy atom. The Bertz CT molecular complexity index is 3050. The number of allylic oxidation sites excluding steroid dienone is 13. The molecule has 1 fully saturated rings. The standard InChI is InChI=1S/C60H56N2S3/c1-2-3-4-11-37-61-51-23-8-5-17-50(51)56-52(61)36-35-49-48-22-14-24-53(59(48)65-60(49)56)62(40-31-27-38(28-32-40)42-18-12-20-46-44-15-6-9-25-54(44)63-57(42)46)41-33-29-39(30-34-41)43-19-13-21-47-45-16-7-10-26-55(45)64-58(43)47/h3-7,9,11-13,15-19,21,24-25,27-31,33-34,37,40,42,44,46,54,57H,2,8,10,14,20,22-23,26,32,35-36H2,1H3/b4-3-,37-11?. The third-order valence-electron chi connectivity index (χ3n) is 15.6. The highest BCUT2D eigenvalue weighted by molar-refractivity contribution is 8.01. The second kappa shape index (κ2) is 16.7. The molecule has 0 radical (unpaired) electrons. The number of rotatable bonds is 8. The summed E-state index contributed by atoms with van der Waals surface area (Å²) in [6.45, 7) is 2.21. The number of hydrogen-bond acceptors (Lipinski definition) is 4. The number of thiophene rings is 2. The van der Waals surface area contributed by atoms with E-state index in [1.54, 1.807) is 11.1 Å². The summed E-state index contributed by atoms with van der Waals surface area (Å²) in [6, 6.07) is 16.8. The van der Waals surface area contributed by atoms with Crippen molar-refractivity contribution in [2.24, 2.45) is 17.8 Å². The van der Waals surface area contributed by atoms with Gasteiger partial charge in [-0.05, 0) is 134 Å². The van der Waals surface area contributed by atoms with Crippen LogP contribution >= 0.6 is 34.4 Å². The van der Waals surface area contributed by atoms with Crippen molar-refractivity contribution in [2.45, 2.75) is 94.1 Å². The van der Waals surface area contributed by atoms with E-state index in [0.29, 0.717) is 28.3 Å². The Labute approximate surface area is 397 Å². The summed E-state index contributed by atoms with van der Waals surface area (Å²) in [5.74, 6) is 1.85. The molecule has 4 heterocycles. The number of hydrogen-bond donors (Lipinski definition) is 0. The zero-order valence-corrected chi connectivity index (χ0v) is 39.7. The fraction of sp³-hybridized carbons (Fsp3) is 0.300. The Hall–Kier alpha value is -5.07. The molecule has 5 heteroatoms. The normalized spacial score (nSPS) is 25.6. The van der Waals surface area contributed by atoms with E-state index in [0.717, 1.165) is 64.2 Å². The van der Waals surface area contributed by atoms with E-state index < -0.39 is 0 Å². The molecule has 5 aromatic rings. The molecule has 7 aliphatic carbocycles. The van der Waals surface area contributed by atoms with Gasteiger partial charge in [0.05, 0.1) is 16.6 Å². The zero-order chi connectivity index (χ0) is 43.0. The van der Waals surface area contributed by atoms with Crippen LogP contribution in [-0.2, 0) is 32.1 Å². The molecule has 3 aromatic heterocycles. The minimum absolute atomic E-state index is 0.224. The second-order valence-electron chi connectivity index (χ2n) is 19.1. The summed E-state index contributed by atoms with van der Waals surface area (Å²) < 4.78 is 3.99. The lowest BCUT2D eigenvalue weighted by Gasteiger charge is -2.38. The highest BCUT2D eigenvalue weighted by Gasteiger charge is 2.46. The highest BCUT2D eigenvalue weighted by Crippen LogP contribution is 2.55. The molecular formula is C60H56N2S3. The Morgan fingerprint density at radius 2 is 1.62 bits per heavy atom. The number of fused-ring (bicyclic) bond motifs is 13. The topological polar surface area (TPSA) is 8.17 Å². The van der Waals surface area contributed by atoms with Crippen LogP contribution in [0.4, 0.5) is 5.69 Å². The first kappa shape index (κ1) is 40.2. The largest absolute Gasteiger partial charge is 0.333 e. The SMILES string of the molecule is CC/C=C\C=Cn1c2c(c3c1CCc1c-3sc3c1CCC=C3N(c1ccc(-c3cccc4c5c(sc34)CCC=C5)cc1)C1C=CC(C3C=CCC4C5C=CC=CC5SC34)=CC1)C=CCC2. The van der Waals surface area contributed by atoms with Crippen LogP contribution in [-0.4, -0.2) is 21.1 Å². The molecule has 8 aliphatic rings. The molecule has 2 nitrogen and oxygen atoms in total. The van der Waals surface area contributed by atoms with Gasteiger partial charge < -0.3 is 9.47 Å². The van der Waals surface area contributed by atoms with Gasteiger partial charge in [0.2, 0.25) is 0 Å². The van der Waals surface area contributed by atoms with E-state index in [9.17, 15) is 0 Å². The van der Waals surface area contributed by atoms with Crippen molar-refractivity contribution in [1.82, 2.24) is 4.57 Å². The Morgan fingerprint density at radius 1 is 0.738 bits per heavy atom. The molecular weight excluding hydrogens is 845 g/mol. The third-order valence-corrected chi connectivity index (χ3v) is 19.9. The monoisotopic (exact) mass is 900 g/mol. The van der Waals surface area contributed by atoms with Gasteiger partial charge >= 0.3 is 0 Å². The van der Waals surface area contributed by atoms with Gasteiger partial charge in [-0.3, -0.25) is 0 Å². The summed E-state index contributed by atoms with van der Waals surface area (Å²) >= 11 is 6.33. The Kier molecular flexibility index (Phi) is 10.3. The van der Waals surface area contributed by atoms with E-state index in [1.807, 2.05) is 11.3 Å². The number of nitrogens with zero attached hydrogens (tertiary/aromatic N) is 2. The van der Waals surface area contributed by atoms with E-state index in [2.05, 4.69) is 191 Å². The first-order valence-electron chi connectivity index (χ1n) is 24.5. The maximum Gasteiger partial charge on any atom is 0.0560 e. The van der Waals surface area contributed by atoms with Crippen molar-refractivity contribution in [3.63, 3.8) is 0 Å². The van der Waals surface area contributed by atoms with Gasteiger partial charge in [0, 0.05) is 70.7 Å². The molecule has 0 bridgehead atoms. The lowest BCUT2D eigenvalue weighted by Crippen LogP contribution is -2.35. The van der Waals surface area contributed by atoms with Crippen LogP contribution in [0.2, 0.25) is 0 Å². The van der Waals surface area contributed by atoms with Gasteiger partial charge in [-0.15, -0.1) is 34.4 Å². The minimum atomic E-state index is 0.224. The molecule has 13 rings (SSSR count). The zero-order valence-electron chi connectivity index (χ0n) is 37.3. The summed E-state index contributed by atoms with van der Waals surface area (Å²) in [6.07, 6.45) is 55.7. The van der Waals surface area contributed by atoms with Crippen LogP contribution in [0.3, 0.4) is 0 Å². The van der Waals surface area contributed by atoms with Crippen molar-refractivity contribution in [3.8, 4) is 21.6 Å². The smallest absolute Gasteiger partial charge is 0.0560 e. The van der Waals surface area contributed by atoms with Crippen LogP contribution in [0.25, 0.3) is 55.7 Å². The maximum atomic E-state index is 2.74. The molecule has 2 aromatic carbocycles. The quantitative estimate of drug-likeness (QED) is 0.113. The first-order chi connectivity index (χ1) is 32.2. The molecule has 1 saturated heterocycles. The van der Waals surface area contributed by atoms with Gasteiger partial charge in [0.25, 0.3) is 0 Å². The van der Waals surface area contributed by atoms with Crippen LogP contribution in [0, 0.1) is 17.8 Å². The van der Waals surface area contributed by atoms with Gasteiger partial charge in [-0.25, -0.2) is 0 Å². The van der Waals surface area contributed by atoms with E-state index in [1.165, 1.54) is 87.3 Å². The predicted molar refractivity (Wildman–Crippen MR) is 284 cm³/mol.